The van der Waals surface area contributed by atoms with Crippen molar-refractivity contribution >= 4 is 22.7 Å². The quantitative estimate of drug-likeness (QED) is 0.383. The Kier molecular flexibility index (Phi) is 8.44. The molecule has 0 spiro atoms. The van der Waals surface area contributed by atoms with E-state index in [9.17, 15) is 0 Å². The van der Waals surface area contributed by atoms with Gasteiger partial charge in [0.15, 0.2) is 0 Å². The van der Waals surface area contributed by atoms with Crippen LogP contribution in [0.4, 0.5) is 11.4 Å². The molecule has 0 bridgehead atoms. The van der Waals surface area contributed by atoms with Gasteiger partial charge in [0.1, 0.15) is 0 Å². The van der Waals surface area contributed by atoms with Crippen molar-refractivity contribution in [2.75, 3.05) is 0 Å². The summed E-state index contributed by atoms with van der Waals surface area (Å²) in [6.07, 6.45) is 2.08. The number of para-hydroxylation sites is 2. The van der Waals surface area contributed by atoms with E-state index in [4.69, 9.17) is 10.3 Å². The van der Waals surface area contributed by atoms with Crippen LogP contribution >= 0.6 is 0 Å². The van der Waals surface area contributed by atoms with Gasteiger partial charge in [0.25, 0.3) is 0 Å². The molecule has 0 atom stereocenters. The lowest BCUT2D eigenvalue weighted by molar-refractivity contribution is 0.840. The van der Waals surface area contributed by atoms with Crippen molar-refractivity contribution in [1.82, 2.24) is 0 Å². The SMILES string of the molecule is C=C(C)c1cccc(C(C)C)c1N=C(C)/C=C(\C)[N-]c1c(C(C)C)cccc1C(C)C. The minimum atomic E-state index is 0.395. The summed E-state index contributed by atoms with van der Waals surface area (Å²) in [5, 5.41) is 5.06. The Morgan fingerprint density at radius 2 is 1.29 bits per heavy atom. The highest BCUT2D eigenvalue weighted by molar-refractivity contribution is 5.97. The van der Waals surface area contributed by atoms with E-state index >= 15 is 0 Å². The van der Waals surface area contributed by atoms with Gasteiger partial charge in [-0.1, -0.05) is 109 Å². The van der Waals surface area contributed by atoms with Crippen LogP contribution < -0.4 is 0 Å². The predicted octanol–water partition coefficient (Wildman–Crippen LogP) is 9.79. The highest BCUT2D eigenvalue weighted by Gasteiger charge is 2.11. The first-order chi connectivity index (χ1) is 14.5. The molecule has 2 aromatic carbocycles. The van der Waals surface area contributed by atoms with Crippen molar-refractivity contribution in [2.24, 2.45) is 4.99 Å². The second-order valence-corrected chi connectivity index (χ2v) is 9.42. The van der Waals surface area contributed by atoms with Crippen LogP contribution in [0.2, 0.25) is 0 Å². The Labute approximate surface area is 190 Å². The molecule has 0 radical (unpaired) electrons. The second-order valence-electron chi connectivity index (χ2n) is 9.42. The number of benzene rings is 2. The van der Waals surface area contributed by atoms with Gasteiger partial charge < -0.3 is 5.32 Å². The molecule has 0 saturated carbocycles. The van der Waals surface area contributed by atoms with Crippen LogP contribution in [0.25, 0.3) is 10.9 Å². The van der Waals surface area contributed by atoms with Crippen LogP contribution in [0, 0.1) is 0 Å². The molecule has 2 heteroatoms. The third kappa shape index (κ3) is 6.19. The van der Waals surface area contributed by atoms with E-state index in [1.807, 2.05) is 6.92 Å². The Balaban J connectivity index is 2.47. The number of rotatable bonds is 8. The summed E-state index contributed by atoms with van der Waals surface area (Å²) in [4.78, 5) is 5.02. The van der Waals surface area contributed by atoms with Crippen LogP contribution in [0.3, 0.4) is 0 Å². The summed E-state index contributed by atoms with van der Waals surface area (Å²) in [6.45, 7) is 23.6. The van der Waals surface area contributed by atoms with E-state index in [0.717, 1.165) is 33.9 Å². The van der Waals surface area contributed by atoms with Gasteiger partial charge in [0.2, 0.25) is 0 Å². The molecule has 0 aliphatic heterocycles. The molecule has 166 valence electrons. The van der Waals surface area contributed by atoms with Gasteiger partial charge in [0, 0.05) is 11.3 Å². The number of allylic oxidation sites excluding steroid dienone is 3. The summed E-state index contributed by atoms with van der Waals surface area (Å²) in [5.74, 6) is 1.25. The fraction of sp³-hybridized carbons (Fsp3) is 0.414. The van der Waals surface area contributed by atoms with E-state index in [-0.39, 0.29) is 0 Å². The zero-order valence-electron chi connectivity index (χ0n) is 20.9. The van der Waals surface area contributed by atoms with Crippen molar-refractivity contribution in [3.05, 3.63) is 82.3 Å². The lowest BCUT2D eigenvalue weighted by Crippen LogP contribution is -1.97. The summed E-state index contributed by atoms with van der Waals surface area (Å²) >= 11 is 0. The first kappa shape index (κ1) is 24.7. The third-order valence-electron chi connectivity index (χ3n) is 5.49. The molecule has 2 aromatic rings. The molecule has 0 aliphatic rings. The van der Waals surface area contributed by atoms with Gasteiger partial charge in [-0.3, -0.25) is 4.99 Å². The topological polar surface area (TPSA) is 26.5 Å². The van der Waals surface area contributed by atoms with Gasteiger partial charge in [-0.2, -0.15) is 5.70 Å². The molecule has 0 unspecified atom stereocenters. The number of aliphatic imine (C=N–C) groups is 1. The van der Waals surface area contributed by atoms with Gasteiger partial charge in [-0.05, 0) is 42.7 Å². The minimum Gasteiger partial charge on any atom is -0.661 e. The Bertz CT molecular complexity index is 962. The predicted molar refractivity (Wildman–Crippen MR) is 139 cm³/mol. The van der Waals surface area contributed by atoms with Crippen molar-refractivity contribution < 1.29 is 0 Å². The summed E-state index contributed by atoms with van der Waals surface area (Å²) < 4.78 is 0. The molecule has 0 saturated heterocycles. The highest BCUT2D eigenvalue weighted by atomic mass is 14.9. The van der Waals surface area contributed by atoms with Crippen LogP contribution in [0.1, 0.15) is 102 Å². The second kappa shape index (κ2) is 10.6. The third-order valence-corrected chi connectivity index (χ3v) is 5.49. The maximum atomic E-state index is 5.06. The minimum absolute atomic E-state index is 0.395. The van der Waals surface area contributed by atoms with E-state index in [2.05, 4.69) is 104 Å². The zero-order chi connectivity index (χ0) is 23.3. The first-order valence-corrected chi connectivity index (χ1v) is 11.4. The fourth-order valence-electron chi connectivity index (χ4n) is 3.86. The molecule has 0 aromatic heterocycles. The number of hydrogen-bond donors (Lipinski definition) is 0. The molecule has 2 nitrogen and oxygen atoms in total. The van der Waals surface area contributed by atoms with Gasteiger partial charge in [-0.25, -0.2) is 0 Å². The summed E-state index contributed by atoms with van der Waals surface area (Å²) in [7, 11) is 0. The average molecular weight is 416 g/mol. The zero-order valence-corrected chi connectivity index (χ0v) is 20.9. The molecule has 0 N–H and O–H groups in total. The highest BCUT2D eigenvalue weighted by Crippen LogP contribution is 2.40. The Morgan fingerprint density at radius 3 is 1.77 bits per heavy atom. The van der Waals surface area contributed by atoms with Crippen molar-refractivity contribution in [3.8, 4) is 0 Å². The van der Waals surface area contributed by atoms with Gasteiger partial charge >= 0.3 is 0 Å². The van der Waals surface area contributed by atoms with E-state index in [1.165, 1.54) is 16.7 Å². The Morgan fingerprint density at radius 1 is 0.806 bits per heavy atom. The number of nitrogens with zero attached hydrogens (tertiary/aromatic N) is 2. The van der Waals surface area contributed by atoms with E-state index in [0.29, 0.717) is 17.8 Å². The normalized spacial score (nSPS) is 12.8. The molecule has 2 rings (SSSR count). The largest absolute Gasteiger partial charge is 0.661 e. The standard InChI is InChI=1S/C29H39N2/c1-18(2)24-13-11-14-25(19(3)4)28(24)30-22(9)17-23(10)31-29-26(20(5)6)15-12-16-27(29)21(7)8/h11-17,19-21H,1H2,2-10H3/q-1/b23-17+,30-22?. The summed E-state index contributed by atoms with van der Waals surface area (Å²) in [6, 6.07) is 12.9. The smallest absolute Gasteiger partial charge is 0.0742 e. The monoisotopic (exact) mass is 415 g/mol. The molecule has 0 fully saturated rings. The van der Waals surface area contributed by atoms with Crippen LogP contribution in [-0.2, 0) is 0 Å². The fourth-order valence-corrected chi connectivity index (χ4v) is 3.86. The average Bonchev–Trinajstić information content (AvgIpc) is 2.67. The molecule has 31 heavy (non-hydrogen) atoms. The maximum absolute atomic E-state index is 5.06. The van der Waals surface area contributed by atoms with E-state index < -0.39 is 0 Å². The van der Waals surface area contributed by atoms with Crippen molar-refractivity contribution in [2.45, 2.75) is 80.1 Å². The summed E-state index contributed by atoms with van der Waals surface area (Å²) in [5.41, 5.74) is 10.0. The lowest BCUT2D eigenvalue weighted by Gasteiger charge is -2.32. The number of hydrogen-bond acceptors (Lipinski definition) is 1. The van der Waals surface area contributed by atoms with Gasteiger partial charge in [0.05, 0.1) is 5.69 Å². The molecule has 0 aliphatic carbocycles. The molecular formula is C29H39N2-. The maximum Gasteiger partial charge on any atom is 0.0742 e. The lowest BCUT2D eigenvalue weighted by atomic mass is 9.92. The molecule has 0 amide bonds. The van der Waals surface area contributed by atoms with Crippen LogP contribution in [0.5, 0.6) is 0 Å². The van der Waals surface area contributed by atoms with Gasteiger partial charge in [-0.15, -0.1) is 5.69 Å². The molecular weight excluding hydrogens is 376 g/mol. The van der Waals surface area contributed by atoms with Crippen molar-refractivity contribution in [1.29, 1.82) is 0 Å². The van der Waals surface area contributed by atoms with Crippen molar-refractivity contribution in [3.63, 3.8) is 0 Å². The Hall–Kier alpha value is -2.61. The van der Waals surface area contributed by atoms with Crippen LogP contribution in [0.15, 0.2) is 59.7 Å². The first-order valence-electron chi connectivity index (χ1n) is 11.4. The van der Waals surface area contributed by atoms with Crippen LogP contribution in [-0.4, -0.2) is 5.71 Å². The molecule has 0 heterocycles. The van der Waals surface area contributed by atoms with E-state index in [1.54, 1.807) is 0 Å².